The summed E-state index contributed by atoms with van der Waals surface area (Å²) in [7, 11) is 0. The number of hydrogen-bond acceptors (Lipinski definition) is 9. The fourth-order valence-corrected chi connectivity index (χ4v) is 2.39. The fourth-order valence-electron chi connectivity index (χ4n) is 2.39. The van der Waals surface area contributed by atoms with Gasteiger partial charge >= 0.3 is 12.0 Å². The average molecular weight is 386 g/mol. The van der Waals surface area contributed by atoms with E-state index in [9.17, 15) is 19.5 Å². The zero-order valence-corrected chi connectivity index (χ0v) is 14.5. The van der Waals surface area contributed by atoms with Crippen molar-refractivity contribution in [3.05, 3.63) is 11.7 Å². The number of ether oxygens (including phenoxy) is 1. The third kappa shape index (κ3) is 5.87. The lowest BCUT2D eigenvalue weighted by molar-refractivity contribution is -0.141. The smallest absolute Gasteiger partial charge is 0.328 e. The molecule has 150 valence electrons. The van der Waals surface area contributed by atoms with Crippen LogP contribution in [-0.2, 0) is 14.3 Å². The molecule has 13 nitrogen and oxygen atoms in total. The third-order valence-corrected chi connectivity index (χ3v) is 3.73. The zero-order valence-electron chi connectivity index (χ0n) is 14.5. The molecule has 3 amide bonds. The van der Waals surface area contributed by atoms with Gasteiger partial charge in [0.15, 0.2) is 11.9 Å². The van der Waals surface area contributed by atoms with Gasteiger partial charge in [-0.15, -0.1) is 0 Å². The van der Waals surface area contributed by atoms with Crippen molar-refractivity contribution < 1.29 is 33.9 Å². The second-order valence-corrected chi connectivity index (χ2v) is 5.97. The van der Waals surface area contributed by atoms with E-state index in [0.717, 1.165) is 0 Å². The summed E-state index contributed by atoms with van der Waals surface area (Å²) in [4.78, 5) is 38.6. The Morgan fingerprint density at radius 1 is 1.41 bits per heavy atom. The van der Waals surface area contributed by atoms with Crippen molar-refractivity contribution in [2.75, 3.05) is 19.8 Å². The molecule has 0 bridgehead atoms. The van der Waals surface area contributed by atoms with E-state index in [1.807, 2.05) is 0 Å². The molecule has 7 N–H and O–H groups in total. The number of nitrogens with zero attached hydrogens (tertiary/aromatic N) is 2. The lowest BCUT2D eigenvalue weighted by atomic mass is 10.2. The van der Waals surface area contributed by atoms with E-state index in [0.29, 0.717) is 19.8 Å². The first kappa shape index (κ1) is 20.5. The van der Waals surface area contributed by atoms with E-state index in [1.54, 1.807) is 0 Å². The Bertz CT molecular complexity index is 673. The second kappa shape index (κ2) is 9.25. The molecular weight excluding hydrogens is 364 g/mol. The lowest BCUT2D eigenvalue weighted by Crippen LogP contribution is -2.52. The van der Waals surface area contributed by atoms with Crippen molar-refractivity contribution in [2.45, 2.75) is 37.6 Å². The number of aromatic nitrogens is 2. The van der Waals surface area contributed by atoms with E-state index < -0.39 is 36.1 Å². The molecule has 2 rings (SSSR count). The SMILES string of the molecule is CC(O)[C@H](NC(=O)N[C@@H](CC(N)=O)c1nc([C@@H]2COCCN2)no1)C(=O)O. The topological polar surface area (TPSA) is 202 Å². The number of morpholine rings is 1. The highest BCUT2D eigenvalue weighted by atomic mass is 16.5. The van der Waals surface area contributed by atoms with E-state index in [4.69, 9.17) is 20.1 Å². The highest BCUT2D eigenvalue weighted by molar-refractivity contribution is 5.83. The number of carbonyl (C=O) groups is 3. The molecule has 2 heterocycles. The van der Waals surface area contributed by atoms with Crippen LogP contribution in [0.25, 0.3) is 0 Å². The van der Waals surface area contributed by atoms with Gasteiger partial charge in [-0.2, -0.15) is 4.98 Å². The molecule has 1 unspecified atom stereocenters. The van der Waals surface area contributed by atoms with Gasteiger partial charge in [-0.05, 0) is 6.92 Å². The Hall–Kier alpha value is -2.77. The van der Waals surface area contributed by atoms with Gasteiger partial charge < -0.3 is 41.2 Å². The van der Waals surface area contributed by atoms with Crippen LogP contribution in [0.2, 0.25) is 0 Å². The summed E-state index contributed by atoms with van der Waals surface area (Å²) in [6.07, 6.45) is -1.69. The first-order valence-corrected chi connectivity index (χ1v) is 8.18. The number of rotatable bonds is 8. The quantitative estimate of drug-likeness (QED) is 0.284. The van der Waals surface area contributed by atoms with Gasteiger partial charge in [-0.1, -0.05) is 5.16 Å². The maximum atomic E-state index is 12.1. The van der Waals surface area contributed by atoms with Crippen molar-refractivity contribution in [3.8, 4) is 0 Å². The molecule has 13 heteroatoms. The van der Waals surface area contributed by atoms with Gasteiger partial charge in [0.1, 0.15) is 6.04 Å². The van der Waals surface area contributed by atoms with Gasteiger partial charge in [0.25, 0.3) is 0 Å². The zero-order chi connectivity index (χ0) is 20.0. The summed E-state index contributed by atoms with van der Waals surface area (Å²) in [5, 5.41) is 29.8. The van der Waals surface area contributed by atoms with Crippen molar-refractivity contribution in [1.82, 2.24) is 26.1 Å². The average Bonchev–Trinajstić information content (AvgIpc) is 3.09. The molecule has 0 aromatic carbocycles. The Morgan fingerprint density at radius 2 is 2.15 bits per heavy atom. The van der Waals surface area contributed by atoms with Crippen LogP contribution in [0, 0.1) is 0 Å². The van der Waals surface area contributed by atoms with Crippen molar-refractivity contribution in [2.24, 2.45) is 5.73 Å². The number of aliphatic carboxylic acids is 1. The van der Waals surface area contributed by atoms with E-state index in [-0.39, 0.29) is 24.2 Å². The number of primary amides is 1. The second-order valence-electron chi connectivity index (χ2n) is 5.97. The molecule has 0 spiro atoms. The largest absolute Gasteiger partial charge is 0.480 e. The maximum absolute atomic E-state index is 12.1. The summed E-state index contributed by atoms with van der Waals surface area (Å²) >= 11 is 0. The van der Waals surface area contributed by atoms with Crippen LogP contribution in [-0.4, -0.2) is 70.2 Å². The van der Waals surface area contributed by atoms with Crippen LogP contribution in [0.1, 0.15) is 37.1 Å². The summed E-state index contributed by atoms with van der Waals surface area (Å²) in [6.45, 7) is 2.71. The number of nitrogens with two attached hydrogens (primary N) is 1. The van der Waals surface area contributed by atoms with E-state index >= 15 is 0 Å². The number of carboxylic acid groups (broad SMARTS) is 1. The van der Waals surface area contributed by atoms with Gasteiger partial charge in [-0.3, -0.25) is 4.79 Å². The molecule has 27 heavy (non-hydrogen) atoms. The third-order valence-electron chi connectivity index (χ3n) is 3.73. The molecule has 0 radical (unpaired) electrons. The molecule has 4 atom stereocenters. The number of aliphatic hydroxyl groups excluding tert-OH is 1. The molecular formula is C14H22N6O7. The summed E-state index contributed by atoms with van der Waals surface area (Å²) in [5.74, 6) is -1.96. The number of carbonyl (C=O) groups excluding carboxylic acids is 2. The number of hydrogen-bond donors (Lipinski definition) is 6. The number of carboxylic acids is 1. The molecule has 1 aliphatic rings. The Balaban J connectivity index is 2.08. The highest BCUT2D eigenvalue weighted by Gasteiger charge is 2.29. The molecule has 0 saturated carbocycles. The Kier molecular flexibility index (Phi) is 7.04. The Morgan fingerprint density at radius 3 is 2.70 bits per heavy atom. The minimum atomic E-state index is -1.54. The van der Waals surface area contributed by atoms with Crippen LogP contribution >= 0.6 is 0 Å². The summed E-state index contributed by atoms with van der Waals surface area (Å²) in [6, 6.07) is -3.86. The van der Waals surface area contributed by atoms with Gasteiger partial charge in [0, 0.05) is 6.54 Å². The highest BCUT2D eigenvalue weighted by Crippen LogP contribution is 2.18. The standard InChI is InChI=1S/C14H22N6O7/c1-6(21)10(13(23)24)18-14(25)17-7(4-9(15)22)12-19-11(20-27-12)8-5-26-3-2-16-8/h6-8,10,16,21H,2-5H2,1H3,(H2,15,22)(H,23,24)(H2,17,18,25)/t6?,7-,8-,10-/m0/s1. The monoisotopic (exact) mass is 386 g/mol. The van der Waals surface area contributed by atoms with Crippen molar-refractivity contribution in [3.63, 3.8) is 0 Å². The summed E-state index contributed by atoms with van der Waals surface area (Å²) in [5.41, 5.74) is 5.19. The van der Waals surface area contributed by atoms with E-state index in [1.165, 1.54) is 6.92 Å². The van der Waals surface area contributed by atoms with Gasteiger partial charge in [0.2, 0.25) is 11.8 Å². The van der Waals surface area contributed by atoms with Crippen molar-refractivity contribution >= 4 is 17.9 Å². The van der Waals surface area contributed by atoms with Gasteiger partial charge in [-0.25, -0.2) is 9.59 Å². The molecule has 1 aromatic rings. The van der Waals surface area contributed by atoms with Crippen LogP contribution in [0.4, 0.5) is 4.79 Å². The number of nitrogens with one attached hydrogen (secondary N) is 3. The predicted molar refractivity (Wildman–Crippen MR) is 87.2 cm³/mol. The van der Waals surface area contributed by atoms with Gasteiger partial charge in [0.05, 0.1) is 31.8 Å². The van der Waals surface area contributed by atoms with Crippen LogP contribution in [0.3, 0.4) is 0 Å². The Labute approximate surface area is 153 Å². The van der Waals surface area contributed by atoms with Crippen LogP contribution in [0.5, 0.6) is 0 Å². The van der Waals surface area contributed by atoms with Crippen LogP contribution in [0.15, 0.2) is 4.52 Å². The molecule has 1 aromatic heterocycles. The lowest BCUT2D eigenvalue weighted by Gasteiger charge is -2.21. The predicted octanol–water partition coefficient (Wildman–Crippen LogP) is -2.22. The van der Waals surface area contributed by atoms with Crippen LogP contribution < -0.4 is 21.7 Å². The molecule has 1 fully saturated rings. The maximum Gasteiger partial charge on any atom is 0.328 e. The normalized spacial score (nSPS) is 20.3. The summed E-state index contributed by atoms with van der Waals surface area (Å²) < 4.78 is 10.4. The number of aliphatic hydroxyl groups is 1. The fraction of sp³-hybridized carbons (Fsp3) is 0.643. The van der Waals surface area contributed by atoms with E-state index in [2.05, 4.69) is 26.1 Å². The first-order chi connectivity index (χ1) is 12.8. The molecule has 0 aliphatic carbocycles. The first-order valence-electron chi connectivity index (χ1n) is 8.18. The molecule has 1 saturated heterocycles. The number of amides is 3. The minimum absolute atomic E-state index is 0.0738. The molecule has 1 aliphatic heterocycles. The van der Waals surface area contributed by atoms with Crippen molar-refractivity contribution in [1.29, 1.82) is 0 Å². The minimum Gasteiger partial charge on any atom is -0.480 e. The number of urea groups is 1.